The van der Waals surface area contributed by atoms with E-state index >= 15 is 0 Å². The highest BCUT2D eigenvalue weighted by molar-refractivity contribution is 7.97. The lowest BCUT2D eigenvalue weighted by atomic mass is 10.8. The van der Waals surface area contributed by atoms with Gasteiger partial charge in [-0.1, -0.05) is 6.92 Å². The molecule has 0 aromatic heterocycles. The molecule has 0 aliphatic heterocycles. The SMILES string of the molecule is CCSN(C=O)CC. The molecule has 0 aliphatic rings. The molecule has 0 atom stereocenters. The number of hydrogen-bond donors (Lipinski definition) is 0. The number of carbonyl (C=O) groups is 1. The molecule has 0 aromatic carbocycles. The first-order chi connectivity index (χ1) is 3.85. The standard InChI is InChI=1S/C5H11NOS/c1-3-6(5-7)8-4-2/h5H,3-4H2,1-2H3. The van der Waals surface area contributed by atoms with Crippen LogP contribution >= 0.6 is 11.9 Å². The Labute approximate surface area is 54.4 Å². The summed E-state index contributed by atoms with van der Waals surface area (Å²) in [5.74, 6) is 0.965. The maximum atomic E-state index is 10.0. The van der Waals surface area contributed by atoms with E-state index in [0.29, 0.717) is 0 Å². The maximum Gasteiger partial charge on any atom is 0.219 e. The number of hydrogen-bond acceptors (Lipinski definition) is 2. The summed E-state index contributed by atoms with van der Waals surface area (Å²) < 4.78 is 1.67. The van der Waals surface area contributed by atoms with Crippen LogP contribution in [0.15, 0.2) is 0 Å². The van der Waals surface area contributed by atoms with Gasteiger partial charge in [0.15, 0.2) is 0 Å². The molecule has 2 nitrogen and oxygen atoms in total. The van der Waals surface area contributed by atoms with Crippen molar-refractivity contribution in [1.82, 2.24) is 4.31 Å². The van der Waals surface area contributed by atoms with Gasteiger partial charge < -0.3 is 0 Å². The van der Waals surface area contributed by atoms with E-state index in [-0.39, 0.29) is 0 Å². The molecule has 0 bridgehead atoms. The average Bonchev–Trinajstić information content (AvgIpc) is 1.83. The largest absolute Gasteiger partial charge is 0.289 e. The Morgan fingerprint density at radius 3 is 2.38 bits per heavy atom. The Balaban J connectivity index is 3.21. The summed E-state index contributed by atoms with van der Waals surface area (Å²) in [6.45, 7) is 4.77. The molecule has 0 fully saturated rings. The lowest BCUT2D eigenvalue weighted by molar-refractivity contribution is -0.113. The van der Waals surface area contributed by atoms with Gasteiger partial charge in [0.05, 0.1) is 0 Å². The molecule has 1 amide bonds. The van der Waals surface area contributed by atoms with Crippen LogP contribution < -0.4 is 0 Å². The number of rotatable bonds is 4. The van der Waals surface area contributed by atoms with E-state index in [1.807, 2.05) is 13.8 Å². The molecule has 0 saturated carbocycles. The second-order valence-corrected chi connectivity index (χ2v) is 2.56. The summed E-state index contributed by atoms with van der Waals surface area (Å²) in [5.41, 5.74) is 0. The van der Waals surface area contributed by atoms with Gasteiger partial charge in [0.2, 0.25) is 6.41 Å². The van der Waals surface area contributed by atoms with Gasteiger partial charge in [-0.15, -0.1) is 0 Å². The Morgan fingerprint density at radius 2 is 2.25 bits per heavy atom. The van der Waals surface area contributed by atoms with Gasteiger partial charge in [-0.2, -0.15) is 0 Å². The van der Waals surface area contributed by atoms with Gasteiger partial charge in [-0.25, -0.2) is 0 Å². The van der Waals surface area contributed by atoms with E-state index in [1.54, 1.807) is 16.3 Å². The normalized spacial score (nSPS) is 8.75. The minimum atomic E-state index is 0.794. The molecule has 0 spiro atoms. The predicted octanol–water partition coefficient (Wildman–Crippen LogP) is 1.13. The highest BCUT2D eigenvalue weighted by Gasteiger charge is 1.92. The predicted molar refractivity (Wildman–Crippen MR) is 36.6 cm³/mol. The van der Waals surface area contributed by atoms with Crippen molar-refractivity contribution in [3.8, 4) is 0 Å². The van der Waals surface area contributed by atoms with E-state index < -0.39 is 0 Å². The van der Waals surface area contributed by atoms with Crippen LogP contribution in [0.3, 0.4) is 0 Å². The summed E-state index contributed by atoms with van der Waals surface area (Å²) in [6, 6.07) is 0. The first-order valence-electron chi connectivity index (χ1n) is 2.70. The topological polar surface area (TPSA) is 20.3 Å². The van der Waals surface area contributed by atoms with Crippen molar-refractivity contribution in [3.05, 3.63) is 0 Å². The molecular formula is C5H11NOS. The molecule has 3 heteroatoms. The number of nitrogens with zero attached hydrogens (tertiary/aromatic N) is 1. The first-order valence-corrected chi connectivity index (χ1v) is 3.64. The van der Waals surface area contributed by atoms with Crippen LogP contribution in [0.5, 0.6) is 0 Å². The molecule has 0 unspecified atom stereocenters. The fourth-order valence-electron chi connectivity index (χ4n) is 0.362. The van der Waals surface area contributed by atoms with Crippen molar-refractivity contribution in [2.75, 3.05) is 12.3 Å². The molecule has 0 saturated heterocycles. The van der Waals surface area contributed by atoms with E-state index in [4.69, 9.17) is 0 Å². The molecule has 48 valence electrons. The highest BCUT2D eigenvalue weighted by atomic mass is 32.2. The summed E-state index contributed by atoms with van der Waals surface area (Å²) in [4.78, 5) is 10.0. The second-order valence-electron chi connectivity index (χ2n) is 1.26. The monoisotopic (exact) mass is 133 g/mol. The average molecular weight is 133 g/mol. The zero-order chi connectivity index (χ0) is 6.41. The zero-order valence-electron chi connectivity index (χ0n) is 5.26. The van der Waals surface area contributed by atoms with E-state index in [9.17, 15) is 4.79 Å². The van der Waals surface area contributed by atoms with Gasteiger partial charge in [-0.3, -0.25) is 9.10 Å². The van der Waals surface area contributed by atoms with Crippen molar-refractivity contribution in [2.45, 2.75) is 13.8 Å². The Kier molecular flexibility index (Phi) is 4.85. The maximum absolute atomic E-state index is 10.0. The molecule has 8 heavy (non-hydrogen) atoms. The lowest BCUT2D eigenvalue weighted by Gasteiger charge is -2.09. The third kappa shape index (κ3) is 2.91. The van der Waals surface area contributed by atoms with Crippen LogP contribution in [-0.4, -0.2) is 23.0 Å². The summed E-state index contributed by atoms with van der Waals surface area (Å²) in [7, 11) is 0. The molecule has 0 rings (SSSR count). The minimum Gasteiger partial charge on any atom is -0.289 e. The van der Waals surface area contributed by atoms with E-state index in [2.05, 4.69) is 0 Å². The van der Waals surface area contributed by atoms with Crippen LogP contribution in [0.25, 0.3) is 0 Å². The van der Waals surface area contributed by atoms with Crippen molar-refractivity contribution in [1.29, 1.82) is 0 Å². The zero-order valence-corrected chi connectivity index (χ0v) is 6.07. The number of carbonyl (C=O) groups excluding carboxylic acids is 1. The van der Waals surface area contributed by atoms with Gasteiger partial charge in [0.1, 0.15) is 0 Å². The lowest BCUT2D eigenvalue weighted by Crippen LogP contribution is -2.11. The Morgan fingerprint density at radius 1 is 1.62 bits per heavy atom. The van der Waals surface area contributed by atoms with Gasteiger partial charge in [0.25, 0.3) is 0 Å². The summed E-state index contributed by atoms with van der Waals surface area (Å²) in [6.07, 6.45) is 0.855. The van der Waals surface area contributed by atoms with Crippen LogP contribution in [0.1, 0.15) is 13.8 Å². The van der Waals surface area contributed by atoms with Gasteiger partial charge in [0, 0.05) is 12.3 Å². The van der Waals surface area contributed by atoms with Crippen molar-refractivity contribution in [2.24, 2.45) is 0 Å². The fourth-order valence-corrected chi connectivity index (χ4v) is 0.937. The molecule has 0 N–H and O–H groups in total. The van der Waals surface area contributed by atoms with Crippen LogP contribution in [0.4, 0.5) is 0 Å². The summed E-state index contributed by atoms with van der Waals surface area (Å²) >= 11 is 1.54. The van der Waals surface area contributed by atoms with Gasteiger partial charge >= 0.3 is 0 Å². The molecular weight excluding hydrogens is 122 g/mol. The van der Waals surface area contributed by atoms with Crippen molar-refractivity contribution < 1.29 is 4.79 Å². The van der Waals surface area contributed by atoms with Crippen LogP contribution in [-0.2, 0) is 4.79 Å². The van der Waals surface area contributed by atoms with Gasteiger partial charge in [-0.05, 0) is 18.9 Å². The molecule has 0 heterocycles. The molecule has 0 aliphatic carbocycles. The minimum absolute atomic E-state index is 0.794. The van der Waals surface area contributed by atoms with E-state index in [1.165, 1.54) is 0 Å². The van der Waals surface area contributed by atoms with Crippen molar-refractivity contribution >= 4 is 18.4 Å². The Bertz CT molecular complexity index is 67.4. The van der Waals surface area contributed by atoms with Crippen LogP contribution in [0, 0.1) is 0 Å². The van der Waals surface area contributed by atoms with E-state index in [0.717, 1.165) is 18.7 Å². The fraction of sp³-hybridized carbons (Fsp3) is 0.800. The Hall–Kier alpha value is -0.180. The van der Waals surface area contributed by atoms with Crippen molar-refractivity contribution in [3.63, 3.8) is 0 Å². The number of amides is 1. The molecule has 0 aromatic rings. The quantitative estimate of drug-likeness (QED) is 0.423. The smallest absolute Gasteiger partial charge is 0.219 e. The third-order valence-corrected chi connectivity index (χ3v) is 1.66. The highest BCUT2D eigenvalue weighted by Crippen LogP contribution is 2.03. The first kappa shape index (κ1) is 7.82. The third-order valence-electron chi connectivity index (χ3n) is 0.724. The summed E-state index contributed by atoms with van der Waals surface area (Å²) in [5, 5.41) is 0. The van der Waals surface area contributed by atoms with Crippen LogP contribution in [0.2, 0.25) is 0 Å². The molecule has 0 radical (unpaired) electrons. The second kappa shape index (κ2) is 4.97.